The average molecular weight is 438 g/mol. The van der Waals surface area contributed by atoms with E-state index in [1.807, 2.05) is 18.2 Å². The number of nitrogens with zero attached hydrogens (tertiary/aromatic N) is 1. The first kappa shape index (κ1) is 21.2. The Hall–Kier alpha value is -3.03. The first-order valence-electron chi connectivity index (χ1n) is 9.76. The lowest BCUT2D eigenvalue weighted by atomic mass is 9.94. The highest BCUT2D eigenvalue weighted by Gasteiger charge is 2.26. The Kier molecular flexibility index (Phi) is 6.44. The van der Waals surface area contributed by atoms with Crippen LogP contribution in [-0.4, -0.2) is 21.9 Å². The number of thioether (sulfide) groups is 1. The molecule has 31 heavy (non-hydrogen) atoms. The van der Waals surface area contributed by atoms with Crippen LogP contribution in [0.5, 0.6) is 0 Å². The minimum absolute atomic E-state index is 0.105. The summed E-state index contributed by atoms with van der Waals surface area (Å²) >= 11 is 1.74. The smallest absolute Gasteiger partial charge is 0.288 e. The van der Waals surface area contributed by atoms with Crippen LogP contribution in [0.1, 0.15) is 38.7 Å². The van der Waals surface area contributed by atoms with Crippen molar-refractivity contribution in [2.24, 2.45) is 0 Å². The summed E-state index contributed by atoms with van der Waals surface area (Å²) in [6.45, 7) is 0. The molecular weight excluding hydrogens is 418 g/mol. The molecule has 1 aliphatic rings. The minimum Gasteiger partial charge on any atom is -0.288 e. The van der Waals surface area contributed by atoms with Gasteiger partial charge in [-0.3, -0.25) is 15.0 Å². The fourth-order valence-electron chi connectivity index (χ4n) is 3.72. The van der Waals surface area contributed by atoms with Crippen molar-refractivity contribution in [1.29, 1.82) is 0 Å². The molecule has 158 valence electrons. The number of aromatic nitrogens is 1. The Morgan fingerprint density at radius 1 is 1.10 bits per heavy atom. The molecule has 1 aromatic heterocycles. The number of hydrogen-bond acceptors (Lipinski definition) is 4. The molecule has 3 aromatic rings. The Labute approximate surface area is 183 Å². The second-order valence-electron chi connectivity index (χ2n) is 7.31. The van der Waals surface area contributed by atoms with Crippen LogP contribution in [0.2, 0.25) is 0 Å². The summed E-state index contributed by atoms with van der Waals surface area (Å²) in [6.07, 6.45) is 4.02. The van der Waals surface area contributed by atoms with Gasteiger partial charge in [0, 0.05) is 29.7 Å². The maximum Gasteiger partial charge on any atom is 0.293 e. The number of fused-ring (bicyclic) bond motifs is 1. The standard InChI is InChI=1S/C24H20F2N2O2S/c25-19-7-6-16(22(26)10-19)8-17-9-18(14-31-13-15-4-2-1-3-5-15)20-11-23(24(29)28-30)27-12-21(17)20/h1-7,9-12,17,30H,8,13-14H2,(H,28,29). The molecule has 0 bridgehead atoms. The van der Waals surface area contributed by atoms with E-state index < -0.39 is 17.5 Å². The van der Waals surface area contributed by atoms with Gasteiger partial charge in [0.1, 0.15) is 17.3 Å². The predicted octanol–water partition coefficient (Wildman–Crippen LogP) is 5.14. The summed E-state index contributed by atoms with van der Waals surface area (Å²) in [4.78, 5) is 16.0. The van der Waals surface area contributed by atoms with Gasteiger partial charge >= 0.3 is 0 Å². The number of hydrogen-bond donors (Lipinski definition) is 2. The molecule has 0 spiro atoms. The average Bonchev–Trinajstić information content (AvgIpc) is 3.12. The lowest BCUT2D eigenvalue weighted by molar-refractivity contribution is 0.0700. The molecule has 4 rings (SSSR count). The second kappa shape index (κ2) is 9.41. The Morgan fingerprint density at radius 3 is 2.65 bits per heavy atom. The number of amides is 1. The molecule has 0 saturated carbocycles. The Balaban J connectivity index is 1.59. The van der Waals surface area contributed by atoms with Crippen molar-refractivity contribution in [2.75, 3.05) is 5.75 Å². The predicted molar refractivity (Wildman–Crippen MR) is 117 cm³/mol. The third-order valence-corrected chi connectivity index (χ3v) is 6.29. The van der Waals surface area contributed by atoms with Crippen molar-refractivity contribution in [2.45, 2.75) is 18.1 Å². The van der Waals surface area contributed by atoms with Gasteiger partial charge in [-0.2, -0.15) is 11.8 Å². The quantitative estimate of drug-likeness (QED) is 0.396. The zero-order valence-corrected chi connectivity index (χ0v) is 17.3. The maximum absolute atomic E-state index is 14.2. The zero-order valence-electron chi connectivity index (χ0n) is 16.5. The highest BCUT2D eigenvalue weighted by molar-refractivity contribution is 7.98. The first-order chi connectivity index (χ1) is 15.0. The van der Waals surface area contributed by atoms with Crippen molar-refractivity contribution in [3.8, 4) is 0 Å². The van der Waals surface area contributed by atoms with Gasteiger partial charge in [0.2, 0.25) is 0 Å². The molecule has 1 aliphatic carbocycles. The van der Waals surface area contributed by atoms with Crippen LogP contribution in [0.4, 0.5) is 8.78 Å². The number of carbonyl (C=O) groups is 1. The van der Waals surface area contributed by atoms with Gasteiger partial charge in [-0.15, -0.1) is 0 Å². The van der Waals surface area contributed by atoms with Gasteiger partial charge in [0.05, 0.1) is 0 Å². The molecule has 4 nitrogen and oxygen atoms in total. The fourth-order valence-corrected chi connectivity index (χ4v) is 4.72. The summed E-state index contributed by atoms with van der Waals surface area (Å²) in [5.74, 6) is -0.476. The van der Waals surface area contributed by atoms with Crippen molar-refractivity contribution >= 4 is 23.2 Å². The van der Waals surface area contributed by atoms with E-state index >= 15 is 0 Å². The van der Waals surface area contributed by atoms with E-state index in [2.05, 4.69) is 23.2 Å². The number of pyridine rings is 1. The molecule has 1 heterocycles. The maximum atomic E-state index is 14.2. The summed E-state index contributed by atoms with van der Waals surface area (Å²) in [5, 5.41) is 8.94. The molecule has 1 atom stereocenters. The van der Waals surface area contributed by atoms with E-state index in [0.717, 1.165) is 28.5 Å². The van der Waals surface area contributed by atoms with Gasteiger partial charge in [-0.25, -0.2) is 14.3 Å². The lowest BCUT2D eigenvalue weighted by Gasteiger charge is -2.12. The van der Waals surface area contributed by atoms with Crippen LogP contribution in [0.15, 0.2) is 66.9 Å². The number of benzene rings is 2. The second-order valence-corrected chi connectivity index (χ2v) is 8.30. The van der Waals surface area contributed by atoms with E-state index in [4.69, 9.17) is 5.21 Å². The van der Waals surface area contributed by atoms with E-state index in [0.29, 0.717) is 17.7 Å². The molecule has 0 aliphatic heterocycles. The summed E-state index contributed by atoms with van der Waals surface area (Å²) < 4.78 is 27.5. The highest BCUT2D eigenvalue weighted by atomic mass is 32.2. The SMILES string of the molecule is O=C(NO)c1cc2c(cn1)C(Cc1ccc(F)cc1F)C=C2CSCc1ccccc1. The normalized spacial score (nSPS) is 14.8. The molecule has 1 amide bonds. The molecule has 0 saturated heterocycles. The van der Waals surface area contributed by atoms with E-state index in [9.17, 15) is 13.6 Å². The van der Waals surface area contributed by atoms with Gasteiger partial charge in [-0.05, 0) is 46.4 Å². The van der Waals surface area contributed by atoms with Crippen LogP contribution in [-0.2, 0) is 12.2 Å². The molecule has 1 unspecified atom stereocenters. The third-order valence-electron chi connectivity index (χ3n) is 5.24. The van der Waals surface area contributed by atoms with Crippen LogP contribution < -0.4 is 5.48 Å². The van der Waals surface area contributed by atoms with Crippen LogP contribution in [0.3, 0.4) is 0 Å². The highest BCUT2D eigenvalue weighted by Crippen LogP contribution is 2.40. The van der Waals surface area contributed by atoms with Gasteiger partial charge in [-0.1, -0.05) is 42.5 Å². The Morgan fingerprint density at radius 2 is 1.90 bits per heavy atom. The number of allylic oxidation sites excluding steroid dienone is 1. The zero-order chi connectivity index (χ0) is 21.8. The molecule has 0 fully saturated rings. The van der Waals surface area contributed by atoms with E-state index in [-0.39, 0.29) is 11.6 Å². The van der Waals surface area contributed by atoms with Crippen molar-refractivity contribution in [3.63, 3.8) is 0 Å². The van der Waals surface area contributed by atoms with Crippen molar-refractivity contribution in [1.82, 2.24) is 10.5 Å². The third kappa shape index (κ3) is 4.84. The van der Waals surface area contributed by atoms with E-state index in [1.54, 1.807) is 29.5 Å². The van der Waals surface area contributed by atoms with Gasteiger partial charge < -0.3 is 0 Å². The molecule has 7 heteroatoms. The number of nitrogens with one attached hydrogen (secondary N) is 1. The molecule has 2 N–H and O–H groups in total. The fraction of sp³-hybridized carbons (Fsp3) is 0.167. The molecular formula is C24H20F2N2O2S. The van der Waals surface area contributed by atoms with Crippen molar-refractivity contribution in [3.05, 3.63) is 106 Å². The molecule has 2 aromatic carbocycles. The largest absolute Gasteiger partial charge is 0.293 e. The van der Waals surface area contributed by atoms with Crippen LogP contribution in [0.25, 0.3) is 5.57 Å². The minimum atomic E-state index is -0.688. The monoisotopic (exact) mass is 438 g/mol. The van der Waals surface area contributed by atoms with Crippen molar-refractivity contribution < 1.29 is 18.8 Å². The number of halogens is 2. The summed E-state index contributed by atoms with van der Waals surface area (Å²) in [5.41, 5.74) is 6.12. The van der Waals surface area contributed by atoms with Crippen LogP contribution in [0, 0.1) is 11.6 Å². The summed E-state index contributed by atoms with van der Waals surface area (Å²) in [6, 6.07) is 15.4. The Bertz CT molecular complexity index is 1140. The topological polar surface area (TPSA) is 62.2 Å². The first-order valence-corrected chi connectivity index (χ1v) is 10.9. The van der Waals surface area contributed by atoms with Gasteiger partial charge in [0.25, 0.3) is 5.91 Å². The molecule has 0 radical (unpaired) electrons. The number of rotatable bonds is 7. The van der Waals surface area contributed by atoms with Crippen LogP contribution >= 0.6 is 11.8 Å². The van der Waals surface area contributed by atoms with Gasteiger partial charge in [0.15, 0.2) is 0 Å². The lowest BCUT2D eigenvalue weighted by Crippen LogP contribution is -2.20. The number of carbonyl (C=O) groups excluding carboxylic acids is 1. The number of hydroxylamine groups is 1. The summed E-state index contributed by atoms with van der Waals surface area (Å²) in [7, 11) is 0. The van der Waals surface area contributed by atoms with E-state index in [1.165, 1.54) is 17.7 Å².